The van der Waals surface area contributed by atoms with Crippen LogP contribution >= 0.6 is 23.1 Å². The van der Waals surface area contributed by atoms with Crippen molar-refractivity contribution in [3.63, 3.8) is 0 Å². The number of aliphatic carboxylic acids is 1. The fourth-order valence-corrected chi connectivity index (χ4v) is 3.11. The number of rotatable bonds is 7. The molecule has 1 amide bonds. The molecule has 0 aliphatic rings. The van der Waals surface area contributed by atoms with Gasteiger partial charge in [0, 0.05) is 12.3 Å². The van der Waals surface area contributed by atoms with E-state index in [9.17, 15) is 9.59 Å². The number of hydrogen-bond acceptors (Lipinski definition) is 5. The molecule has 0 unspecified atom stereocenters. The molecule has 2 heterocycles. The molecule has 116 valence electrons. The van der Waals surface area contributed by atoms with Crippen LogP contribution in [0, 0.1) is 6.92 Å². The monoisotopic (exact) mass is 336 g/mol. The largest absolute Gasteiger partial charge is 0.481 e. The molecular formula is C15H16N2O3S2. The van der Waals surface area contributed by atoms with E-state index in [0.717, 1.165) is 10.6 Å². The summed E-state index contributed by atoms with van der Waals surface area (Å²) in [5.74, 6) is -0.414. The third-order valence-corrected chi connectivity index (χ3v) is 4.70. The molecule has 5 nitrogen and oxygen atoms in total. The van der Waals surface area contributed by atoms with E-state index in [0.29, 0.717) is 23.6 Å². The first-order chi connectivity index (χ1) is 10.6. The number of carbonyl (C=O) groups excluding carboxylic acids is 1. The van der Waals surface area contributed by atoms with Crippen LogP contribution in [0.5, 0.6) is 0 Å². The molecule has 0 atom stereocenters. The molecule has 0 aromatic carbocycles. The Labute approximate surface area is 136 Å². The Hall–Kier alpha value is -1.86. The minimum absolute atomic E-state index is 0.0476. The van der Waals surface area contributed by atoms with Crippen molar-refractivity contribution in [3.8, 4) is 10.6 Å². The van der Waals surface area contributed by atoms with E-state index in [1.54, 1.807) is 17.4 Å². The highest BCUT2D eigenvalue weighted by atomic mass is 32.2. The molecule has 0 aliphatic carbocycles. The molecule has 2 rings (SSSR count). The van der Waals surface area contributed by atoms with E-state index in [1.807, 2.05) is 30.5 Å². The van der Waals surface area contributed by atoms with Gasteiger partial charge in [0.05, 0.1) is 27.6 Å². The summed E-state index contributed by atoms with van der Waals surface area (Å²) >= 11 is 2.88. The zero-order valence-electron chi connectivity index (χ0n) is 12.0. The molecule has 0 bridgehead atoms. The number of thiophene rings is 1. The lowest BCUT2D eigenvalue weighted by molar-refractivity contribution is -0.133. The highest BCUT2D eigenvalue weighted by Gasteiger charge is 2.11. The predicted octanol–water partition coefficient (Wildman–Crippen LogP) is 2.67. The maximum Gasteiger partial charge on any atom is 0.313 e. The van der Waals surface area contributed by atoms with Crippen LogP contribution in [0.15, 0.2) is 29.6 Å². The van der Waals surface area contributed by atoms with Crippen molar-refractivity contribution in [3.05, 3.63) is 40.9 Å². The average Bonchev–Trinajstić information content (AvgIpc) is 3.00. The molecule has 7 heteroatoms. The van der Waals surface area contributed by atoms with Gasteiger partial charge in [-0.2, -0.15) is 0 Å². The Morgan fingerprint density at radius 3 is 2.82 bits per heavy atom. The van der Waals surface area contributed by atoms with Gasteiger partial charge in [-0.3, -0.25) is 14.6 Å². The van der Waals surface area contributed by atoms with Gasteiger partial charge in [-0.25, -0.2) is 0 Å². The molecule has 22 heavy (non-hydrogen) atoms. The van der Waals surface area contributed by atoms with Crippen molar-refractivity contribution in [1.82, 2.24) is 10.3 Å². The van der Waals surface area contributed by atoms with E-state index in [4.69, 9.17) is 5.11 Å². The van der Waals surface area contributed by atoms with E-state index >= 15 is 0 Å². The summed E-state index contributed by atoms with van der Waals surface area (Å²) in [5, 5.41) is 13.3. The van der Waals surface area contributed by atoms with Crippen LogP contribution in [0.2, 0.25) is 0 Å². The smallest absolute Gasteiger partial charge is 0.313 e. The van der Waals surface area contributed by atoms with Gasteiger partial charge in [-0.15, -0.1) is 23.1 Å². The van der Waals surface area contributed by atoms with Crippen molar-refractivity contribution in [2.75, 3.05) is 18.1 Å². The molecule has 0 aliphatic heterocycles. The number of aromatic nitrogens is 1. The lowest BCUT2D eigenvalue weighted by atomic mass is 10.1. The molecule has 2 aromatic heterocycles. The van der Waals surface area contributed by atoms with Crippen molar-refractivity contribution in [2.45, 2.75) is 6.92 Å². The molecule has 0 radical (unpaired) electrons. The third kappa shape index (κ3) is 4.57. The van der Waals surface area contributed by atoms with E-state index in [1.165, 1.54) is 11.8 Å². The van der Waals surface area contributed by atoms with Crippen molar-refractivity contribution in [1.29, 1.82) is 0 Å². The fourth-order valence-electron chi connectivity index (χ4n) is 1.85. The number of hydrogen-bond donors (Lipinski definition) is 2. The Morgan fingerprint density at radius 2 is 2.18 bits per heavy atom. The summed E-state index contributed by atoms with van der Waals surface area (Å²) in [5.41, 5.74) is 2.09. The van der Waals surface area contributed by atoms with Gasteiger partial charge < -0.3 is 10.4 Å². The standard InChI is InChI=1S/C15H16N2O3S2/c1-10-11(15(20)16-6-8-21-9-14(18)19)4-5-12(17-10)13-3-2-7-22-13/h2-5,7H,6,8-9H2,1H3,(H,16,20)(H,18,19). The Kier molecular flexibility index (Phi) is 5.97. The van der Waals surface area contributed by atoms with Crippen LogP contribution in [0.4, 0.5) is 0 Å². The summed E-state index contributed by atoms with van der Waals surface area (Å²) in [6.45, 7) is 2.24. The topological polar surface area (TPSA) is 79.3 Å². The van der Waals surface area contributed by atoms with Gasteiger partial charge in [0.1, 0.15) is 0 Å². The maximum atomic E-state index is 12.1. The number of carboxylic acid groups (broad SMARTS) is 1. The summed E-state index contributed by atoms with van der Waals surface area (Å²) < 4.78 is 0. The van der Waals surface area contributed by atoms with Gasteiger partial charge >= 0.3 is 5.97 Å². The number of amides is 1. The van der Waals surface area contributed by atoms with E-state index in [-0.39, 0.29) is 11.7 Å². The first kappa shape index (κ1) is 16.5. The summed E-state index contributed by atoms with van der Waals surface area (Å²) in [4.78, 5) is 28.0. The number of carbonyl (C=O) groups is 2. The predicted molar refractivity (Wildman–Crippen MR) is 89.6 cm³/mol. The second kappa shape index (κ2) is 7.95. The quantitative estimate of drug-likeness (QED) is 0.760. The van der Waals surface area contributed by atoms with Crippen LogP contribution < -0.4 is 5.32 Å². The van der Waals surface area contributed by atoms with Crippen molar-refractivity contribution in [2.24, 2.45) is 0 Å². The van der Waals surface area contributed by atoms with Crippen LogP contribution in [-0.2, 0) is 4.79 Å². The van der Waals surface area contributed by atoms with Crippen LogP contribution in [0.1, 0.15) is 16.1 Å². The van der Waals surface area contributed by atoms with Gasteiger partial charge in [0.2, 0.25) is 0 Å². The maximum absolute atomic E-state index is 12.1. The Bertz CT molecular complexity index is 657. The lowest BCUT2D eigenvalue weighted by Gasteiger charge is -2.08. The molecule has 0 saturated heterocycles. The Balaban J connectivity index is 1.91. The number of carboxylic acids is 1. The molecule has 0 fully saturated rings. The van der Waals surface area contributed by atoms with Crippen LogP contribution in [0.3, 0.4) is 0 Å². The molecule has 0 spiro atoms. The van der Waals surface area contributed by atoms with E-state index in [2.05, 4.69) is 10.3 Å². The number of nitrogens with one attached hydrogen (secondary N) is 1. The molecule has 2 N–H and O–H groups in total. The van der Waals surface area contributed by atoms with Gasteiger partial charge in [0.15, 0.2) is 0 Å². The first-order valence-corrected chi connectivity index (χ1v) is 8.70. The van der Waals surface area contributed by atoms with Crippen molar-refractivity contribution < 1.29 is 14.7 Å². The third-order valence-electron chi connectivity index (χ3n) is 2.86. The average molecular weight is 336 g/mol. The number of aryl methyl sites for hydroxylation is 1. The highest BCUT2D eigenvalue weighted by molar-refractivity contribution is 7.99. The number of nitrogens with zero attached hydrogens (tertiary/aromatic N) is 1. The summed E-state index contributed by atoms with van der Waals surface area (Å²) in [6, 6.07) is 7.57. The zero-order chi connectivity index (χ0) is 15.9. The minimum Gasteiger partial charge on any atom is -0.481 e. The number of thioether (sulfide) groups is 1. The van der Waals surface area contributed by atoms with Crippen molar-refractivity contribution >= 4 is 35.0 Å². The molecule has 0 saturated carbocycles. The SMILES string of the molecule is Cc1nc(-c2cccs2)ccc1C(=O)NCCSCC(=O)O. The Morgan fingerprint density at radius 1 is 1.36 bits per heavy atom. The second-order valence-electron chi connectivity index (χ2n) is 4.51. The first-order valence-electron chi connectivity index (χ1n) is 6.67. The summed E-state index contributed by atoms with van der Waals surface area (Å²) in [6.07, 6.45) is 0. The highest BCUT2D eigenvalue weighted by Crippen LogP contribution is 2.23. The van der Waals surface area contributed by atoms with Gasteiger partial charge in [0.25, 0.3) is 5.91 Å². The zero-order valence-corrected chi connectivity index (χ0v) is 13.7. The normalized spacial score (nSPS) is 10.4. The lowest BCUT2D eigenvalue weighted by Crippen LogP contribution is -2.27. The summed E-state index contributed by atoms with van der Waals surface area (Å²) in [7, 11) is 0. The van der Waals surface area contributed by atoms with Gasteiger partial charge in [-0.05, 0) is 30.5 Å². The second-order valence-corrected chi connectivity index (χ2v) is 6.56. The van der Waals surface area contributed by atoms with Crippen LogP contribution in [-0.4, -0.2) is 40.0 Å². The number of pyridine rings is 1. The van der Waals surface area contributed by atoms with E-state index < -0.39 is 5.97 Å². The van der Waals surface area contributed by atoms with Gasteiger partial charge in [-0.1, -0.05) is 6.07 Å². The molecular weight excluding hydrogens is 320 g/mol. The molecule has 2 aromatic rings. The van der Waals surface area contributed by atoms with Crippen LogP contribution in [0.25, 0.3) is 10.6 Å². The fraction of sp³-hybridized carbons (Fsp3) is 0.267. The minimum atomic E-state index is -0.847.